The Bertz CT molecular complexity index is 575. The van der Waals surface area contributed by atoms with Gasteiger partial charge in [-0.2, -0.15) is 13.2 Å². The minimum Gasteiger partial charge on any atom is -0.460 e. The van der Waals surface area contributed by atoms with Crippen molar-refractivity contribution in [3.05, 3.63) is 52.1 Å². The molecule has 0 fully saturated rings. The lowest BCUT2D eigenvalue weighted by molar-refractivity contribution is -0.137. The van der Waals surface area contributed by atoms with Crippen molar-refractivity contribution in [2.75, 3.05) is 0 Å². The number of furan rings is 1. The lowest BCUT2D eigenvalue weighted by atomic mass is 10.2. The van der Waals surface area contributed by atoms with E-state index >= 15 is 0 Å². The molecule has 0 saturated heterocycles. The van der Waals surface area contributed by atoms with Crippen LogP contribution in [0.25, 0.3) is 0 Å². The average Bonchev–Trinajstić information content (AvgIpc) is 2.73. The molecule has 0 saturated carbocycles. The van der Waals surface area contributed by atoms with E-state index in [0.717, 1.165) is 12.1 Å². The Morgan fingerprint density at radius 1 is 1.28 bits per heavy atom. The van der Waals surface area contributed by atoms with Crippen LogP contribution in [0.15, 0.2) is 39.5 Å². The molecule has 2 aromatic rings. The summed E-state index contributed by atoms with van der Waals surface area (Å²) in [7, 11) is 0. The highest BCUT2D eigenvalue weighted by molar-refractivity contribution is 9.10. The van der Waals surface area contributed by atoms with Crippen LogP contribution < -0.4 is 0 Å². The summed E-state index contributed by atoms with van der Waals surface area (Å²) in [5.74, 6) is -0.581. The van der Waals surface area contributed by atoms with Gasteiger partial charge >= 0.3 is 6.18 Å². The van der Waals surface area contributed by atoms with E-state index in [1.54, 1.807) is 0 Å². The minimum atomic E-state index is -4.47. The van der Waals surface area contributed by atoms with Crippen molar-refractivity contribution in [3.8, 4) is 0 Å². The van der Waals surface area contributed by atoms with Gasteiger partial charge in [0.05, 0.1) is 16.3 Å². The van der Waals surface area contributed by atoms with Gasteiger partial charge in [-0.15, -0.1) is 0 Å². The number of nitrogens with zero attached hydrogens (tertiary/aromatic N) is 1. The highest BCUT2D eigenvalue weighted by Gasteiger charge is 2.31. The number of hydrogen-bond acceptors (Lipinski definition) is 3. The topological polar surface area (TPSA) is 43.1 Å². The summed E-state index contributed by atoms with van der Waals surface area (Å²) in [4.78, 5) is 15.3. The van der Waals surface area contributed by atoms with Gasteiger partial charge in [0.15, 0.2) is 5.76 Å². The van der Waals surface area contributed by atoms with Crippen LogP contribution >= 0.6 is 15.9 Å². The smallest absolute Gasteiger partial charge is 0.417 e. The molecule has 0 unspecified atom stereocenters. The lowest BCUT2D eigenvalue weighted by Crippen LogP contribution is -2.08. The molecule has 2 rings (SSSR count). The Kier molecular flexibility index (Phi) is 3.25. The van der Waals surface area contributed by atoms with Crippen LogP contribution in [-0.2, 0) is 6.18 Å². The van der Waals surface area contributed by atoms with Crippen molar-refractivity contribution in [2.24, 2.45) is 0 Å². The third-order valence-corrected chi connectivity index (χ3v) is 2.77. The van der Waals surface area contributed by atoms with Gasteiger partial charge in [-0.05, 0) is 34.1 Å². The fraction of sp³-hybridized carbons (Fsp3) is 0.0909. The molecule has 0 aliphatic heterocycles. The number of alkyl halides is 3. The van der Waals surface area contributed by atoms with E-state index in [1.807, 2.05) is 0 Å². The van der Waals surface area contributed by atoms with Crippen molar-refractivity contribution < 1.29 is 22.4 Å². The third-order valence-electron chi connectivity index (χ3n) is 2.15. The van der Waals surface area contributed by atoms with E-state index in [1.165, 1.54) is 12.3 Å². The van der Waals surface area contributed by atoms with Gasteiger partial charge in [0, 0.05) is 6.20 Å². The summed E-state index contributed by atoms with van der Waals surface area (Å²) in [6, 6.07) is 3.33. The summed E-state index contributed by atoms with van der Waals surface area (Å²) in [6.45, 7) is 0. The molecule has 7 heteroatoms. The maximum atomic E-state index is 12.3. The standard InChI is InChI=1S/C11H5BrF3NO2/c12-7-3-4-18-10(7)9(17)8-2-1-6(5-16-8)11(13,14)15/h1-5H. The van der Waals surface area contributed by atoms with E-state index < -0.39 is 17.5 Å². The zero-order valence-corrected chi connectivity index (χ0v) is 10.2. The molecule has 0 atom stereocenters. The molecule has 0 radical (unpaired) electrons. The largest absolute Gasteiger partial charge is 0.460 e. The number of ketones is 1. The van der Waals surface area contributed by atoms with Crippen LogP contribution in [0.1, 0.15) is 21.8 Å². The van der Waals surface area contributed by atoms with Crippen molar-refractivity contribution in [1.29, 1.82) is 0 Å². The van der Waals surface area contributed by atoms with E-state index in [9.17, 15) is 18.0 Å². The molecule has 0 amide bonds. The predicted octanol–water partition coefficient (Wildman–Crippen LogP) is 3.69. The number of carbonyl (C=O) groups excluding carboxylic acids is 1. The molecule has 3 nitrogen and oxygen atoms in total. The molecule has 2 heterocycles. The number of aromatic nitrogens is 1. The Hall–Kier alpha value is -1.63. The van der Waals surface area contributed by atoms with Gasteiger partial charge in [-0.25, -0.2) is 0 Å². The molecule has 18 heavy (non-hydrogen) atoms. The van der Waals surface area contributed by atoms with E-state index in [2.05, 4.69) is 20.9 Å². The van der Waals surface area contributed by atoms with Crippen LogP contribution in [0.2, 0.25) is 0 Å². The summed E-state index contributed by atoms with van der Waals surface area (Å²) < 4.78 is 42.3. The zero-order valence-electron chi connectivity index (χ0n) is 8.66. The summed E-state index contributed by atoms with van der Waals surface area (Å²) in [6.07, 6.45) is -2.56. The number of carbonyl (C=O) groups is 1. The van der Waals surface area contributed by atoms with Gasteiger partial charge in [0.2, 0.25) is 5.78 Å². The van der Waals surface area contributed by atoms with Crippen LogP contribution in [-0.4, -0.2) is 10.8 Å². The molecule has 0 spiro atoms. The molecular weight excluding hydrogens is 315 g/mol. The third kappa shape index (κ3) is 2.45. The Labute approximate surface area is 108 Å². The maximum absolute atomic E-state index is 12.3. The van der Waals surface area contributed by atoms with Crippen LogP contribution in [0, 0.1) is 0 Å². The highest BCUT2D eigenvalue weighted by Crippen LogP contribution is 2.29. The molecule has 0 aromatic carbocycles. The molecule has 0 N–H and O–H groups in total. The molecule has 0 aliphatic carbocycles. The number of rotatable bonds is 2. The first-order valence-electron chi connectivity index (χ1n) is 4.70. The number of halogens is 4. The second-order valence-electron chi connectivity index (χ2n) is 3.36. The molecule has 94 valence electrons. The first kappa shape index (κ1) is 12.8. The normalized spacial score (nSPS) is 11.6. The first-order valence-corrected chi connectivity index (χ1v) is 5.50. The van der Waals surface area contributed by atoms with Gasteiger partial charge in [-0.1, -0.05) is 0 Å². The lowest BCUT2D eigenvalue weighted by Gasteiger charge is -2.05. The first-order chi connectivity index (χ1) is 8.39. The summed E-state index contributed by atoms with van der Waals surface area (Å²) >= 11 is 3.09. The quantitative estimate of drug-likeness (QED) is 0.793. The highest BCUT2D eigenvalue weighted by atomic mass is 79.9. The van der Waals surface area contributed by atoms with Crippen LogP contribution in [0.5, 0.6) is 0 Å². The zero-order chi connectivity index (χ0) is 13.3. The van der Waals surface area contributed by atoms with E-state index in [0.29, 0.717) is 10.7 Å². The second-order valence-corrected chi connectivity index (χ2v) is 4.21. The summed E-state index contributed by atoms with van der Waals surface area (Å²) in [5, 5.41) is 0. The fourth-order valence-electron chi connectivity index (χ4n) is 1.27. The minimum absolute atomic E-state index is 0.00209. The SMILES string of the molecule is O=C(c1ccc(C(F)(F)F)cn1)c1occc1Br. The molecule has 0 bridgehead atoms. The van der Waals surface area contributed by atoms with Crippen LogP contribution in [0.4, 0.5) is 13.2 Å². The monoisotopic (exact) mass is 319 g/mol. The van der Waals surface area contributed by atoms with E-state index in [-0.39, 0.29) is 11.5 Å². The Balaban J connectivity index is 2.31. The van der Waals surface area contributed by atoms with Gasteiger partial charge in [0.1, 0.15) is 5.69 Å². The predicted molar refractivity (Wildman–Crippen MR) is 59.1 cm³/mol. The number of pyridine rings is 1. The second kappa shape index (κ2) is 4.56. The van der Waals surface area contributed by atoms with Crippen LogP contribution in [0.3, 0.4) is 0 Å². The Morgan fingerprint density at radius 3 is 2.44 bits per heavy atom. The average molecular weight is 320 g/mol. The fourth-order valence-corrected chi connectivity index (χ4v) is 1.65. The van der Waals surface area contributed by atoms with Crippen molar-refractivity contribution >= 4 is 21.7 Å². The van der Waals surface area contributed by atoms with E-state index in [4.69, 9.17) is 4.42 Å². The summed E-state index contributed by atoms with van der Waals surface area (Å²) in [5.41, 5.74) is -1.02. The van der Waals surface area contributed by atoms with Crippen molar-refractivity contribution in [1.82, 2.24) is 4.98 Å². The van der Waals surface area contributed by atoms with Gasteiger partial charge < -0.3 is 4.42 Å². The molecular formula is C11H5BrF3NO2. The number of hydrogen-bond donors (Lipinski definition) is 0. The maximum Gasteiger partial charge on any atom is 0.417 e. The Morgan fingerprint density at radius 2 is 2.00 bits per heavy atom. The van der Waals surface area contributed by atoms with Gasteiger partial charge in [0.25, 0.3) is 0 Å². The molecule has 0 aliphatic rings. The van der Waals surface area contributed by atoms with Gasteiger partial charge in [-0.3, -0.25) is 9.78 Å². The van der Waals surface area contributed by atoms with Crippen molar-refractivity contribution in [2.45, 2.75) is 6.18 Å². The van der Waals surface area contributed by atoms with Crippen molar-refractivity contribution in [3.63, 3.8) is 0 Å². The molecule has 2 aromatic heterocycles.